The Morgan fingerprint density at radius 2 is 0.896 bits per heavy atom. The Hall–Kier alpha value is -6.48. The van der Waals surface area contributed by atoms with E-state index in [0.29, 0.717) is 11.1 Å². The maximum Gasteiger partial charge on any atom is 0.0991 e. The van der Waals surface area contributed by atoms with Gasteiger partial charge in [0.25, 0.3) is 0 Å². The van der Waals surface area contributed by atoms with Crippen molar-refractivity contribution in [2.45, 2.75) is 13.8 Å². The predicted molar refractivity (Wildman–Crippen MR) is 201 cm³/mol. The van der Waals surface area contributed by atoms with Crippen LogP contribution >= 0.6 is 0 Å². The Morgan fingerprint density at radius 1 is 0.375 bits per heavy atom. The molecule has 10 aromatic carbocycles. The summed E-state index contributed by atoms with van der Waals surface area (Å²) in [5, 5.41) is 36.9. The smallest absolute Gasteiger partial charge is 0.0991 e. The quantitative estimate of drug-likeness (QED) is 0.184. The van der Waals surface area contributed by atoms with Crippen molar-refractivity contribution in [3.05, 3.63) is 144 Å². The van der Waals surface area contributed by atoms with Gasteiger partial charge >= 0.3 is 0 Å². The van der Waals surface area contributed by atoms with Gasteiger partial charge in [0.2, 0.25) is 0 Å². The largest absolute Gasteiger partial charge is 0.192 e. The molecule has 2 heteroatoms. The van der Waals surface area contributed by atoms with Gasteiger partial charge in [-0.25, -0.2) is 0 Å². The van der Waals surface area contributed by atoms with Gasteiger partial charge in [-0.3, -0.25) is 0 Å². The molecule has 0 heterocycles. The molecular weight excluding hydrogens is 581 g/mol. The third-order valence-electron chi connectivity index (χ3n) is 10.4. The minimum Gasteiger partial charge on any atom is -0.192 e. The zero-order valence-electron chi connectivity index (χ0n) is 26.4. The van der Waals surface area contributed by atoms with Gasteiger partial charge in [0.15, 0.2) is 0 Å². The lowest BCUT2D eigenvalue weighted by molar-refractivity contribution is 1.48. The predicted octanol–water partition coefficient (Wildman–Crippen LogP) is 12.3. The molecule has 10 rings (SSSR count). The van der Waals surface area contributed by atoms with E-state index in [1.54, 1.807) is 0 Å². The lowest BCUT2D eigenvalue weighted by Gasteiger charge is -2.19. The summed E-state index contributed by atoms with van der Waals surface area (Å²) in [7, 11) is 0. The van der Waals surface area contributed by atoms with Crippen molar-refractivity contribution in [3.63, 3.8) is 0 Å². The molecule has 0 N–H and O–H groups in total. The molecule has 10 aromatic rings. The molecule has 0 radical (unpaired) electrons. The third kappa shape index (κ3) is 3.44. The van der Waals surface area contributed by atoms with Gasteiger partial charge < -0.3 is 0 Å². The second-order valence-electron chi connectivity index (χ2n) is 13.2. The van der Waals surface area contributed by atoms with Crippen molar-refractivity contribution in [3.8, 4) is 34.4 Å². The second kappa shape index (κ2) is 9.52. The molecule has 0 aliphatic heterocycles. The lowest BCUT2D eigenvalue weighted by Crippen LogP contribution is -1.92. The van der Waals surface area contributed by atoms with Crippen molar-refractivity contribution in [2.75, 3.05) is 0 Å². The number of aryl methyl sites for hydroxylation is 2. The average Bonchev–Trinajstić information content (AvgIpc) is 3.61. The summed E-state index contributed by atoms with van der Waals surface area (Å²) >= 11 is 0. The van der Waals surface area contributed by atoms with Crippen LogP contribution in [-0.4, -0.2) is 0 Å². The minimum atomic E-state index is 0.647. The molecule has 0 aliphatic rings. The Kier molecular flexibility index (Phi) is 5.30. The number of nitriles is 2. The van der Waals surface area contributed by atoms with Crippen LogP contribution in [0, 0.1) is 36.5 Å². The first kappa shape index (κ1) is 26.7. The van der Waals surface area contributed by atoms with Gasteiger partial charge in [-0.15, -0.1) is 0 Å². The molecule has 0 unspecified atom stereocenters. The zero-order valence-corrected chi connectivity index (χ0v) is 26.4. The molecule has 0 fully saturated rings. The third-order valence-corrected chi connectivity index (χ3v) is 10.4. The van der Waals surface area contributed by atoms with E-state index >= 15 is 0 Å². The van der Waals surface area contributed by atoms with E-state index in [2.05, 4.69) is 123 Å². The number of rotatable bonds is 2. The SMILES string of the molecule is Cc1cc2cc(C)cc3c4c(-c5ccc(C#N)cc5)c5c(cc6c7ccccc7c7cccc5c76)c(-c5ccc(C#N)cc5)c4c(c1)c23. The van der Waals surface area contributed by atoms with Gasteiger partial charge in [0.05, 0.1) is 23.3 Å². The van der Waals surface area contributed by atoms with E-state index in [9.17, 15) is 10.5 Å². The molecule has 0 saturated carbocycles. The van der Waals surface area contributed by atoms with E-state index in [-0.39, 0.29) is 0 Å². The normalized spacial score (nSPS) is 11.9. The number of benzene rings is 8. The van der Waals surface area contributed by atoms with Crippen LogP contribution < -0.4 is 0 Å². The molecule has 0 spiro atoms. The second-order valence-corrected chi connectivity index (χ2v) is 13.2. The number of hydrogen-bond donors (Lipinski definition) is 0. The van der Waals surface area contributed by atoms with E-state index < -0.39 is 0 Å². The maximum absolute atomic E-state index is 9.73. The van der Waals surface area contributed by atoms with Crippen molar-refractivity contribution in [1.82, 2.24) is 0 Å². The fraction of sp³-hybridized carbons (Fsp3) is 0.0435. The van der Waals surface area contributed by atoms with E-state index in [0.717, 1.165) is 11.1 Å². The summed E-state index contributed by atoms with van der Waals surface area (Å²) in [4.78, 5) is 0. The van der Waals surface area contributed by atoms with E-state index in [1.807, 2.05) is 24.3 Å². The molecule has 0 atom stereocenters. The van der Waals surface area contributed by atoms with E-state index in [4.69, 9.17) is 0 Å². The summed E-state index contributed by atoms with van der Waals surface area (Å²) in [6.07, 6.45) is 0. The summed E-state index contributed by atoms with van der Waals surface area (Å²) < 4.78 is 0. The first-order chi connectivity index (χ1) is 23.5. The summed E-state index contributed by atoms with van der Waals surface area (Å²) in [5.41, 5.74) is 8.32. The molecule has 0 aromatic heterocycles. The average molecular weight is 607 g/mol. The van der Waals surface area contributed by atoms with Gasteiger partial charge in [-0.2, -0.15) is 10.5 Å². The highest BCUT2D eigenvalue weighted by atomic mass is 14.3. The Morgan fingerprint density at radius 3 is 1.50 bits per heavy atom. The monoisotopic (exact) mass is 606 g/mol. The van der Waals surface area contributed by atoms with Crippen LogP contribution in [0.15, 0.2) is 121 Å². The van der Waals surface area contributed by atoms with Crippen LogP contribution in [0.3, 0.4) is 0 Å². The first-order valence-electron chi connectivity index (χ1n) is 16.3. The molecule has 0 amide bonds. The zero-order chi connectivity index (χ0) is 32.3. The minimum absolute atomic E-state index is 0.647. The van der Waals surface area contributed by atoms with Gasteiger partial charge in [0, 0.05) is 0 Å². The summed E-state index contributed by atoms with van der Waals surface area (Å²) in [6.45, 7) is 4.38. The molecule has 0 aliphatic carbocycles. The molecular formula is C46H26N2. The first-order valence-corrected chi connectivity index (χ1v) is 16.3. The van der Waals surface area contributed by atoms with Crippen molar-refractivity contribution in [2.24, 2.45) is 0 Å². The highest BCUT2D eigenvalue weighted by molar-refractivity contribution is 6.44. The van der Waals surface area contributed by atoms with Crippen LogP contribution in [0.1, 0.15) is 22.3 Å². The van der Waals surface area contributed by atoms with Gasteiger partial charge in [0.1, 0.15) is 0 Å². The van der Waals surface area contributed by atoms with Crippen LogP contribution in [0.2, 0.25) is 0 Å². The standard InChI is InChI=1S/C46H26N2/c1-25-18-31-19-26(2)21-38-40(31)37(20-25)45-41(29-14-10-27(23-47)11-15-29)39-22-36-33-7-4-3-6-32(33)34-8-5-9-35(43(34)36)44(39)42(46(38)45)30-16-12-28(24-48)13-17-30/h3-22H,1-2H3. The molecule has 0 bridgehead atoms. The maximum atomic E-state index is 9.73. The van der Waals surface area contributed by atoms with E-state index in [1.165, 1.54) is 97.7 Å². The fourth-order valence-corrected chi connectivity index (χ4v) is 8.61. The highest BCUT2D eigenvalue weighted by Gasteiger charge is 2.26. The summed E-state index contributed by atoms with van der Waals surface area (Å²) in [6, 6.07) is 48.1. The number of nitrogens with zero attached hydrogens (tertiary/aromatic N) is 2. The highest BCUT2D eigenvalue weighted by Crippen LogP contribution is 2.54. The lowest BCUT2D eigenvalue weighted by atomic mass is 9.83. The van der Waals surface area contributed by atoms with Crippen molar-refractivity contribution in [1.29, 1.82) is 10.5 Å². The summed E-state index contributed by atoms with van der Waals surface area (Å²) in [5.74, 6) is 0. The fourth-order valence-electron chi connectivity index (χ4n) is 8.61. The topological polar surface area (TPSA) is 47.6 Å². The van der Waals surface area contributed by atoms with Crippen LogP contribution in [0.5, 0.6) is 0 Å². The molecule has 48 heavy (non-hydrogen) atoms. The number of fused-ring (bicyclic) bond motifs is 8. The molecule has 0 saturated heterocycles. The Balaban J connectivity index is 1.58. The molecule has 2 nitrogen and oxygen atoms in total. The Bertz CT molecular complexity index is 3060. The van der Waals surface area contributed by atoms with Gasteiger partial charge in [-0.05, 0) is 153 Å². The van der Waals surface area contributed by atoms with Crippen LogP contribution in [0.4, 0.5) is 0 Å². The van der Waals surface area contributed by atoms with Crippen molar-refractivity contribution >= 4 is 75.4 Å². The van der Waals surface area contributed by atoms with Crippen molar-refractivity contribution < 1.29 is 0 Å². The van der Waals surface area contributed by atoms with Gasteiger partial charge in [-0.1, -0.05) is 91.0 Å². The Labute approximate surface area is 277 Å². The van der Waals surface area contributed by atoms with Crippen LogP contribution in [-0.2, 0) is 0 Å². The number of hydrogen-bond acceptors (Lipinski definition) is 2. The molecule has 220 valence electrons. The van der Waals surface area contributed by atoms with Crippen LogP contribution in [0.25, 0.3) is 97.7 Å².